The van der Waals surface area contributed by atoms with Crippen molar-refractivity contribution in [3.63, 3.8) is 0 Å². The van der Waals surface area contributed by atoms with E-state index >= 15 is 0 Å². The number of hydrogen-bond donors (Lipinski definition) is 2. The zero-order chi connectivity index (χ0) is 16.7. The van der Waals surface area contributed by atoms with Crippen LogP contribution < -0.4 is 9.47 Å². The molecule has 2 aromatic rings. The predicted octanol–water partition coefficient (Wildman–Crippen LogP) is 1.98. The van der Waals surface area contributed by atoms with Crippen LogP contribution in [0.15, 0.2) is 72.4 Å². The number of carboxylic acid groups (broad SMARTS) is 1. The topological polar surface area (TPSA) is 107 Å². The van der Waals surface area contributed by atoms with Gasteiger partial charge in [-0.05, 0) is 23.6 Å². The Kier molecular flexibility index (Phi) is 4.08. The third kappa shape index (κ3) is 2.67. The summed E-state index contributed by atoms with van der Waals surface area (Å²) < 4.78 is 12.1. The zero-order valence-electron chi connectivity index (χ0n) is 13.0. The number of rotatable bonds is 2. The van der Waals surface area contributed by atoms with Gasteiger partial charge in [-0.2, -0.15) is 0 Å². The highest BCUT2D eigenvalue weighted by atomic mass is 16.7. The summed E-state index contributed by atoms with van der Waals surface area (Å²) in [7, 11) is 0. The van der Waals surface area contributed by atoms with E-state index in [2.05, 4.69) is 0 Å². The number of allylic oxidation sites excluding steroid dienone is 2. The van der Waals surface area contributed by atoms with E-state index in [9.17, 15) is 9.90 Å². The molecule has 0 amide bonds. The Labute approximate surface area is 143 Å². The highest BCUT2D eigenvalue weighted by molar-refractivity contribution is 5.94. The first-order chi connectivity index (χ1) is 11.6. The van der Waals surface area contributed by atoms with Crippen LogP contribution in [0.2, 0.25) is 0 Å². The van der Waals surface area contributed by atoms with Gasteiger partial charge in [-0.25, -0.2) is 4.79 Å². The molecule has 1 aliphatic carbocycles. The van der Waals surface area contributed by atoms with Gasteiger partial charge in [-0.3, -0.25) is 0 Å². The number of ether oxygens (including phenoxy) is 2. The molecule has 4 rings (SSSR count). The summed E-state index contributed by atoms with van der Waals surface area (Å²) in [5.41, 5.74) is 0.423. The van der Waals surface area contributed by atoms with Gasteiger partial charge in [-0.15, -0.1) is 0 Å². The van der Waals surface area contributed by atoms with E-state index in [0.29, 0.717) is 17.1 Å². The average Bonchev–Trinajstić information content (AvgIpc) is 2.84. The lowest BCUT2D eigenvalue weighted by Crippen LogP contribution is -2.44. The van der Waals surface area contributed by atoms with Crippen LogP contribution in [0.4, 0.5) is 0 Å². The van der Waals surface area contributed by atoms with Gasteiger partial charge in [0.15, 0.2) is 0 Å². The predicted molar refractivity (Wildman–Crippen MR) is 91.6 cm³/mol. The minimum Gasteiger partial charge on any atom is -0.478 e. The minimum absolute atomic E-state index is 0. The fourth-order valence-corrected chi connectivity index (χ4v) is 3.05. The second kappa shape index (κ2) is 6.08. The quantitative estimate of drug-likeness (QED) is 0.642. The van der Waals surface area contributed by atoms with E-state index < -0.39 is 17.9 Å². The summed E-state index contributed by atoms with van der Waals surface area (Å²) in [5, 5.41) is 20.8. The van der Waals surface area contributed by atoms with Gasteiger partial charge in [0.05, 0.1) is 11.0 Å². The van der Waals surface area contributed by atoms with Gasteiger partial charge in [0, 0.05) is 12.2 Å². The second-order valence-corrected chi connectivity index (χ2v) is 5.61. The molecule has 1 atom stereocenters. The summed E-state index contributed by atoms with van der Waals surface area (Å²) >= 11 is 0. The lowest BCUT2D eigenvalue weighted by Gasteiger charge is -2.36. The minimum atomic E-state index is -1.27. The molecule has 25 heavy (non-hydrogen) atoms. The van der Waals surface area contributed by atoms with E-state index in [0.717, 1.165) is 16.8 Å². The number of aliphatic hydroxyl groups is 1. The summed E-state index contributed by atoms with van der Waals surface area (Å²) in [6.45, 7) is 0. The van der Waals surface area contributed by atoms with Crippen molar-refractivity contribution in [2.24, 2.45) is 0 Å². The van der Waals surface area contributed by atoms with Crippen LogP contribution in [0.25, 0.3) is 10.8 Å². The Morgan fingerprint density at radius 2 is 1.76 bits per heavy atom. The van der Waals surface area contributed by atoms with Crippen molar-refractivity contribution in [2.45, 2.75) is 11.9 Å². The van der Waals surface area contributed by atoms with Crippen molar-refractivity contribution in [1.29, 1.82) is 0 Å². The van der Waals surface area contributed by atoms with E-state index in [-0.39, 0.29) is 5.48 Å². The van der Waals surface area contributed by atoms with E-state index in [4.69, 9.17) is 14.6 Å². The van der Waals surface area contributed by atoms with Crippen molar-refractivity contribution in [1.82, 2.24) is 0 Å². The summed E-state index contributed by atoms with van der Waals surface area (Å²) in [5.74, 6) is -1.03. The Bertz CT molecular complexity index is 884. The van der Waals surface area contributed by atoms with Crippen LogP contribution in [-0.2, 0) is 4.79 Å². The van der Waals surface area contributed by atoms with Crippen molar-refractivity contribution in [3.8, 4) is 11.5 Å². The van der Waals surface area contributed by atoms with Crippen LogP contribution >= 0.6 is 0 Å². The Hall–Kier alpha value is -3.09. The average molecular weight is 340 g/mol. The molecule has 2 aromatic carbocycles. The molecular formula is C19H16O6. The molecule has 1 aliphatic heterocycles. The molecule has 0 aromatic heterocycles. The van der Waals surface area contributed by atoms with Gasteiger partial charge < -0.3 is 25.2 Å². The molecule has 0 saturated heterocycles. The number of hydrogen-bond acceptors (Lipinski definition) is 4. The van der Waals surface area contributed by atoms with E-state index in [1.807, 2.05) is 36.4 Å². The summed E-state index contributed by atoms with van der Waals surface area (Å²) in [6.07, 6.45) is 6.15. The molecule has 4 N–H and O–H groups in total. The maximum Gasteiger partial charge on any atom is 0.328 e. The smallest absolute Gasteiger partial charge is 0.328 e. The van der Waals surface area contributed by atoms with Crippen molar-refractivity contribution in [2.75, 3.05) is 0 Å². The molecular weight excluding hydrogens is 324 g/mol. The third-order valence-electron chi connectivity index (χ3n) is 4.08. The normalized spacial score (nSPS) is 21.3. The lowest BCUT2D eigenvalue weighted by molar-refractivity contribution is -0.131. The molecule has 2 aliphatic rings. The van der Waals surface area contributed by atoms with Gasteiger partial charge in [-0.1, -0.05) is 36.4 Å². The van der Waals surface area contributed by atoms with Crippen LogP contribution in [0, 0.1) is 0 Å². The number of carbonyl (C=O) groups is 1. The molecule has 6 heteroatoms. The first-order valence-corrected chi connectivity index (χ1v) is 7.48. The van der Waals surface area contributed by atoms with Gasteiger partial charge in [0.1, 0.15) is 17.6 Å². The Morgan fingerprint density at radius 3 is 2.36 bits per heavy atom. The van der Waals surface area contributed by atoms with Crippen LogP contribution in [0.5, 0.6) is 11.5 Å². The largest absolute Gasteiger partial charge is 0.478 e. The van der Waals surface area contributed by atoms with Crippen LogP contribution in [-0.4, -0.2) is 33.5 Å². The monoisotopic (exact) mass is 340 g/mol. The van der Waals surface area contributed by atoms with Gasteiger partial charge >= 0.3 is 5.97 Å². The number of aliphatic hydroxyl groups excluding tert-OH is 1. The van der Waals surface area contributed by atoms with E-state index in [1.54, 1.807) is 12.2 Å². The molecule has 0 unspecified atom stereocenters. The van der Waals surface area contributed by atoms with Crippen LogP contribution in [0.1, 0.15) is 0 Å². The van der Waals surface area contributed by atoms with Crippen molar-refractivity contribution in [3.05, 3.63) is 72.4 Å². The van der Waals surface area contributed by atoms with Gasteiger partial charge in [0.2, 0.25) is 0 Å². The molecule has 128 valence electrons. The second-order valence-electron chi connectivity index (χ2n) is 5.61. The molecule has 0 saturated carbocycles. The number of carboxylic acids is 1. The standard InChI is InChI=1S/C19H14O5.H2O/c20-14-10-11-19(13(14)6-3-9-17(21)22)23-15-7-1-4-12-5-2-8-16(24-19)18(12)15;/h1-11,14,20H,(H,21,22);1H2/b9-3+,13-6+;/t14-;/m0./s1. The lowest BCUT2D eigenvalue weighted by atomic mass is 10.0. The molecule has 1 heterocycles. The van der Waals surface area contributed by atoms with Gasteiger partial charge in [0.25, 0.3) is 5.79 Å². The molecule has 0 bridgehead atoms. The fraction of sp³-hybridized carbons (Fsp3) is 0.105. The molecule has 0 fully saturated rings. The molecule has 0 radical (unpaired) electrons. The SMILES string of the molecule is O.O=C(O)/C=C/C=C1\[C@@H](O)C=CC12Oc1cccc3cccc(c13)O2. The van der Waals surface area contributed by atoms with Crippen molar-refractivity contribution < 1.29 is 30.0 Å². The van der Waals surface area contributed by atoms with E-state index in [1.165, 1.54) is 12.2 Å². The maximum absolute atomic E-state index is 10.7. The number of benzene rings is 2. The van der Waals surface area contributed by atoms with Crippen LogP contribution in [0.3, 0.4) is 0 Å². The zero-order valence-corrected chi connectivity index (χ0v) is 13.0. The highest BCUT2D eigenvalue weighted by Crippen LogP contribution is 2.46. The number of aliphatic carboxylic acids is 1. The Balaban J connectivity index is 0.00000182. The maximum atomic E-state index is 10.7. The molecule has 1 spiro atoms. The first kappa shape index (κ1) is 16.8. The summed E-state index contributed by atoms with van der Waals surface area (Å²) in [6, 6.07) is 11.4. The first-order valence-electron chi connectivity index (χ1n) is 7.48. The summed E-state index contributed by atoms with van der Waals surface area (Å²) in [4.78, 5) is 10.7. The Morgan fingerprint density at radius 1 is 1.12 bits per heavy atom. The molecule has 6 nitrogen and oxygen atoms in total. The van der Waals surface area contributed by atoms with Crippen molar-refractivity contribution >= 4 is 16.7 Å². The third-order valence-corrected chi connectivity index (χ3v) is 4.08. The fourth-order valence-electron chi connectivity index (χ4n) is 3.05. The highest BCUT2D eigenvalue weighted by Gasteiger charge is 2.46.